The van der Waals surface area contributed by atoms with Crippen molar-refractivity contribution in [1.29, 1.82) is 0 Å². The number of hydrogen-bond acceptors (Lipinski definition) is 3. The number of anilines is 2. The van der Waals surface area contributed by atoms with E-state index >= 15 is 0 Å². The van der Waals surface area contributed by atoms with Crippen LogP contribution in [-0.4, -0.2) is 18.1 Å². The minimum absolute atomic E-state index is 0.544. The fourth-order valence-corrected chi connectivity index (χ4v) is 1.60. The Morgan fingerprint density at radius 2 is 2.17 bits per heavy atom. The maximum atomic E-state index is 5.80. The lowest BCUT2D eigenvalue weighted by Crippen LogP contribution is -2.22. The summed E-state index contributed by atoms with van der Waals surface area (Å²) in [5, 5.41) is 7.00. The van der Waals surface area contributed by atoms with Gasteiger partial charge in [0.25, 0.3) is 0 Å². The highest BCUT2D eigenvalue weighted by atomic mass is 35.5. The molecular weight excluding hydrogens is 174 g/mol. The Morgan fingerprint density at radius 3 is 3.00 bits per heavy atom. The van der Waals surface area contributed by atoms with E-state index in [1.165, 1.54) is 0 Å². The number of fused-ring (bicyclic) bond motifs is 1. The molecule has 0 atom stereocenters. The summed E-state index contributed by atoms with van der Waals surface area (Å²) in [6.45, 7) is 3.86. The predicted octanol–water partition coefficient (Wildman–Crippen LogP) is 1.88. The van der Waals surface area contributed by atoms with Gasteiger partial charge in [0.05, 0.1) is 5.69 Å². The van der Waals surface area contributed by atoms with Gasteiger partial charge in [0, 0.05) is 13.1 Å². The van der Waals surface area contributed by atoms with Crippen LogP contribution in [0.5, 0.6) is 0 Å². The molecule has 0 fully saturated rings. The van der Waals surface area contributed by atoms with Gasteiger partial charge in [0.2, 0.25) is 0 Å². The number of aromatic nitrogens is 1. The third-order valence-electron chi connectivity index (χ3n) is 1.90. The van der Waals surface area contributed by atoms with Crippen LogP contribution in [0.2, 0.25) is 5.15 Å². The van der Waals surface area contributed by atoms with Crippen molar-refractivity contribution >= 4 is 23.1 Å². The molecule has 1 aromatic heterocycles. The van der Waals surface area contributed by atoms with Gasteiger partial charge in [-0.15, -0.1) is 0 Å². The molecule has 1 aliphatic rings. The molecule has 0 unspecified atom stereocenters. The quantitative estimate of drug-likeness (QED) is 0.603. The molecule has 0 bridgehead atoms. The van der Waals surface area contributed by atoms with Crippen molar-refractivity contribution in [3.05, 3.63) is 16.8 Å². The third-order valence-corrected chi connectivity index (χ3v) is 2.10. The van der Waals surface area contributed by atoms with Gasteiger partial charge in [-0.1, -0.05) is 11.6 Å². The number of aryl methyl sites for hydroxylation is 1. The topological polar surface area (TPSA) is 37.0 Å². The van der Waals surface area contributed by atoms with Gasteiger partial charge < -0.3 is 10.6 Å². The molecule has 0 saturated carbocycles. The van der Waals surface area contributed by atoms with Crippen molar-refractivity contribution in [1.82, 2.24) is 4.98 Å². The summed E-state index contributed by atoms with van der Waals surface area (Å²) >= 11 is 5.80. The fraction of sp³-hybridized carbons (Fsp3) is 0.375. The Balaban J connectivity index is 2.53. The molecule has 1 aliphatic heterocycles. The molecule has 1 aromatic rings. The zero-order valence-corrected chi connectivity index (χ0v) is 7.57. The highest BCUT2D eigenvalue weighted by molar-refractivity contribution is 6.29. The number of hydrogen-bond donors (Lipinski definition) is 2. The monoisotopic (exact) mass is 183 g/mol. The molecular formula is C8H10ClN3. The van der Waals surface area contributed by atoms with Crippen LogP contribution in [-0.2, 0) is 0 Å². The van der Waals surface area contributed by atoms with E-state index in [-0.39, 0.29) is 0 Å². The lowest BCUT2D eigenvalue weighted by Gasteiger charge is -2.20. The number of nitrogens with one attached hydrogen (secondary N) is 2. The maximum absolute atomic E-state index is 5.80. The van der Waals surface area contributed by atoms with Gasteiger partial charge in [-0.2, -0.15) is 0 Å². The van der Waals surface area contributed by atoms with E-state index in [2.05, 4.69) is 15.6 Å². The Kier molecular flexibility index (Phi) is 1.81. The molecule has 0 aliphatic carbocycles. The van der Waals surface area contributed by atoms with Gasteiger partial charge in [0.15, 0.2) is 5.82 Å². The first-order valence-corrected chi connectivity index (χ1v) is 4.30. The van der Waals surface area contributed by atoms with Crippen molar-refractivity contribution in [3.8, 4) is 0 Å². The minimum atomic E-state index is 0.544. The van der Waals surface area contributed by atoms with E-state index in [1.54, 1.807) is 0 Å². The van der Waals surface area contributed by atoms with Gasteiger partial charge in [-0.25, -0.2) is 4.98 Å². The average molecular weight is 184 g/mol. The molecule has 0 saturated heterocycles. The number of rotatable bonds is 0. The second-order valence-corrected chi connectivity index (χ2v) is 3.23. The fourth-order valence-electron chi connectivity index (χ4n) is 1.35. The van der Waals surface area contributed by atoms with Crippen LogP contribution < -0.4 is 10.6 Å². The number of nitrogens with zero attached hydrogens (tertiary/aromatic N) is 1. The normalized spacial score (nSPS) is 14.5. The molecule has 2 N–H and O–H groups in total. The van der Waals surface area contributed by atoms with E-state index < -0.39 is 0 Å². The first kappa shape index (κ1) is 7.68. The van der Waals surface area contributed by atoms with Crippen molar-refractivity contribution in [2.75, 3.05) is 23.7 Å². The first-order valence-electron chi connectivity index (χ1n) is 3.92. The molecule has 12 heavy (non-hydrogen) atoms. The van der Waals surface area contributed by atoms with Crippen LogP contribution in [0.1, 0.15) is 5.56 Å². The van der Waals surface area contributed by atoms with E-state index in [1.807, 2.05) is 13.0 Å². The van der Waals surface area contributed by atoms with Crippen LogP contribution in [0.15, 0.2) is 6.07 Å². The second kappa shape index (κ2) is 2.83. The Morgan fingerprint density at radius 1 is 1.42 bits per heavy atom. The summed E-state index contributed by atoms with van der Waals surface area (Å²) in [4.78, 5) is 4.17. The largest absolute Gasteiger partial charge is 0.380 e. The molecule has 3 nitrogen and oxygen atoms in total. The standard InChI is InChI=1S/C8H10ClN3/c1-5-4-6(9)12-8-7(5)10-2-3-11-8/h4,10H,2-3H2,1H3,(H,11,12). The molecule has 0 radical (unpaired) electrons. The van der Waals surface area contributed by atoms with Gasteiger partial charge in [-0.05, 0) is 18.6 Å². The highest BCUT2D eigenvalue weighted by Gasteiger charge is 2.11. The van der Waals surface area contributed by atoms with E-state index in [0.29, 0.717) is 5.15 Å². The van der Waals surface area contributed by atoms with Gasteiger partial charge in [0.1, 0.15) is 5.15 Å². The Hall–Kier alpha value is -0.960. The Bertz CT molecular complexity index is 311. The molecule has 0 amide bonds. The van der Waals surface area contributed by atoms with Gasteiger partial charge >= 0.3 is 0 Å². The predicted molar refractivity (Wildman–Crippen MR) is 51.0 cm³/mol. The van der Waals surface area contributed by atoms with Crippen LogP contribution >= 0.6 is 11.6 Å². The molecule has 2 heterocycles. The van der Waals surface area contributed by atoms with Crippen LogP contribution in [0, 0.1) is 6.92 Å². The summed E-state index contributed by atoms with van der Waals surface area (Å²) in [6.07, 6.45) is 0. The van der Waals surface area contributed by atoms with Crippen molar-refractivity contribution in [2.45, 2.75) is 6.92 Å². The van der Waals surface area contributed by atoms with Crippen molar-refractivity contribution in [2.24, 2.45) is 0 Å². The summed E-state index contributed by atoms with van der Waals surface area (Å²) in [6, 6.07) is 1.86. The zero-order chi connectivity index (χ0) is 8.55. The van der Waals surface area contributed by atoms with Gasteiger partial charge in [-0.3, -0.25) is 0 Å². The van der Waals surface area contributed by atoms with Crippen LogP contribution in [0.25, 0.3) is 0 Å². The van der Waals surface area contributed by atoms with E-state index in [4.69, 9.17) is 11.6 Å². The van der Waals surface area contributed by atoms with Crippen molar-refractivity contribution < 1.29 is 0 Å². The molecule has 64 valence electrons. The SMILES string of the molecule is Cc1cc(Cl)nc2c1NCCN2. The highest BCUT2D eigenvalue weighted by Crippen LogP contribution is 2.27. The molecule has 2 rings (SSSR count). The minimum Gasteiger partial charge on any atom is -0.380 e. The molecule has 4 heteroatoms. The summed E-state index contributed by atoms with van der Waals surface area (Å²) < 4.78 is 0. The van der Waals surface area contributed by atoms with E-state index in [0.717, 1.165) is 30.2 Å². The maximum Gasteiger partial charge on any atom is 0.151 e. The van der Waals surface area contributed by atoms with Crippen LogP contribution in [0.3, 0.4) is 0 Å². The smallest absolute Gasteiger partial charge is 0.151 e. The van der Waals surface area contributed by atoms with Crippen molar-refractivity contribution in [3.63, 3.8) is 0 Å². The lowest BCUT2D eigenvalue weighted by atomic mass is 10.2. The molecule has 0 spiro atoms. The number of pyridine rings is 1. The molecule has 0 aromatic carbocycles. The zero-order valence-electron chi connectivity index (χ0n) is 6.82. The third kappa shape index (κ3) is 1.20. The second-order valence-electron chi connectivity index (χ2n) is 2.84. The van der Waals surface area contributed by atoms with E-state index in [9.17, 15) is 0 Å². The summed E-state index contributed by atoms with van der Waals surface area (Å²) in [7, 11) is 0. The number of halogens is 1. The Labute approximate surface area is 76.1 Å². The first-order chi connectivity index (χ1) is 5.77. The van der Waals surface area contributed by atoms with Crippen LogP contribution in [0.4, 0.5) is 11.5 Å². The summed E-state index contributed by atoms with van der Waals surface area (Å²) in [5.74, 6) is 0.867. The average Bonchev–Trinajstić information content (AvgIpc) is 2.04. The summed E-state index contributed by atoms with van der Waals surface area (Å²) in [5.41, 5.74) is 2.21. The lowest BCUT2D eigenvalue weighted by molar-refractivity contribution is 1.01.